The molecule has 3 rings (SSSR count). The fourth-order valence-corrected chi connectivity index (χ4v) is 2.75. The summed E-state index contributed by atoms with van der Waals surface area (Å²) in [4.78, 5) is 14.0. The highest BCUT2D eigenvalue weighted by atomic mass is 19.4. The summed E-state index contributed by atoms with van der Waals surface area (Å²) in [5.74, 6) is -0.239. The normalized spacial score (nSPS) is 18.4. The minimum atomic E-state index is -4.49. The van der Waals surface area contributed by atoms with Crippen LogP contribution >= 0.6 is 0 Å². The molecule has 3 heterocycles. The fraction of sp³-hybridized carbons (Fsp3) is 0.429. The number of hydrogen-bond donors (Lipinski definition) is 0. The van der Waals surface area contributed by atoms with Gasteiger partial charge in [0.1, 0.15) is 6.54 Å². The maximum atomic E-state index is 12.5. The molecule has 0 spiro atoms. The molecule has 5 nitrogen and oxygen atoms in total. The highest BCUT2D eigenvalue weighted by Gasteiger charge is 2.34. The van der Waals surface area contributed by atoms with Gasteiger partial charge in [0.15, 0.2) is 5.69 Å². The average molecular weight is 312 g/mol. The zero-order valence-corrected chi connectivity index (χ0v) is 11.9. The second-order valence-corrected chi connectivity index (χ2v) is 5.29. The van der Waals surface area contributed by atoms with Gasteiger partial charge in [0, 0.05) is 31.2 Å². The van der Waals surface area contributed by atoms with Gasteiger partial charge in [-0.05, 0) is 25.1 Å². The van der Waals surface area contributed by atoms with E-state index >= 15 is 0 Å². The minimum absolute atomic E-state index is 0.103. The summed E-state index contributed by atoms with van der Waals surface area (Å²) < 4.78 is 40.6. The van der Waals surface area contributed by atoms with Crippen LogP contribution in [0.25, 0.3) is 0 Å². The molecule has 0 radical (unpaired) electrons. The van der Waals surface area contributed by atoms with Crippen LogP contribution in [-0.2, 0) is 24.1 Å². The molecule has 1 atom stereocenters. The number of fused-ring (bicyclic) bond motifs is 1. The number of carbonyl (C=O) groups is 1. The Labute approximate surface area is 124 Å². The molecular formula is C14H15F3N4O. The van der Waals surface area contributed by atoms with Gasteiger partial charge in [-0.2, -0.15) is 18.3 Å². The molecule has 1 aliphatic heterocycles. The van der Waals surface area contributed by atoms with Crippen LogP contribution in [0.5, 0.6) is 0 Å². The van der Waals surface area contributed by atoms with Crippen LogP contribution in [0, 0.1) is 0 Å². The molecule has 2 aromatic rings. The number of rotatable bonds is 2. The molecular weight excluding hydrogens is 297 g/mol. The monoisotopic (exact) mass is 312 g/mol. The Morgan fingerprint density at radius 3 is 2.77 bits per heavy atom. The summed E-state index contributed by atoms with van der Waals surface area (Å²) in [5.41, 5.74) is 0.0388. The molecule has 0 N–H and O–H groups in total. The Morgan fingerprint density at radius 1 is 1.32 bits per heavy atom. The topological polar surface area (TPSA) is 43.1 Å². The third-order valence-electron chi connectivity index (χ3n) is 3.89. The standard InChI is InChI=1S/C14H15F3N4O/c1-10-11-3-2-5-19(11)7-8-21(10)13(22)9-20-6-4-12(18-20)14(15,16)17/h2-6,10H,7-9H2,1H3. The Morgan fingerprint density at radius 2 is 2.09 bits per heavy atom. The highest BCUT2D eigenvalue weighted by Crippen LogP contribution is 2.28. The lowest BCUT2D eigenvalue weighted by Gasteiger charge is -2.35. The molecule has 0 fully saturated rings. The summed E-state index contributed by atoms with van der Waals surface area (Å²) in [5, 5.41) is 3.41. The van der Waals surface area contributed by atoms with Crippen molar-refractivity contribution in [3.63, 3.8) is 0 Å². The summed E-state index contributed by atoms with van der Waals surface area (Å²) in [6.45, 7) is 2.94. The van der Waals surface area contributed by atoms with Gasteiger partial charge in [-0.15, -0.1) is 0 Å². The van der Waals surface area contributed by atoms with E-state index < -0.39 is 11.9 Å². The molecule has 8 heteroatoms. The summed E-state index contributed by atoms with van der Waals surface area (Å²) in [7, 11) is 0. The van der Waals surface area contributed by atoms with Crippen LogP contribution in [0.1, 0.15) is 24.4 Å². The number of alkyl halides is 3. The lowest BCUT2D eigenvalue weighted by Crippen LogP contribution is -2.42. The lowest BCUT2D eigenvalue weighted by atomic mass is 10.1. The van der Waals surface area contributed by atoms with Gasteiger partial charge < -0.3 is 9.47 Å². The number of halogens is 3. The zero-order chi connectivity index (χ0) is 15.9. The first-order valence-corrected chi connectivity index (χ1v) is 6.91. The van der Waals surface area contributed by atoms with Crippen molar-refractivity contribution in [1.29, 1.82) is 0 Å². The van der Waals surface area contributed by atoms with Crippen molar-refractivity contribution in [2.24, 2.45) is 0 Å². The fourth-order valence-electron chi connectivity index (χ4n) is 2.75. The zero-order valence-electron chi connectivity index (χ0n) is 11.9. The van der Waals surface area contributed by atoms with E-state index in [0.717, 1.165) is 16.4 Å². The van der Waals surface area contributed by atoms with E-state index in [2.05, 4.69) is 9.67 Å². The third kappa shape index (κ3) is 2.60. The van der Waals surface area contributed by atoms with Gasteiger partial charge in [0.05, 0.1) is 6.04 Å². The number of aromatic nitrogens is 3. The van der Waals surface area contributed by atoms with E-state index in [1.54, 1.807) is 4.90 Å². The molecule has 0 aliphatic carbocycles. The molecule has 2 aromatic heterocycles. The first kappa shape index (κ1) is 14.7. The van der Waals surface area contributed by atoms with Crippen LogP contribution in [0.4, 0.5) is 13.2 Å². The Kier molecular flexibility index (Phi) is 3.46. The second kappa shape index (κ2) is 5.19. The first-order valence-electron chi connectivity index (χ1n) is 6.91. The van der Waals surface area contributed by atoms with Crippen molar-refractivity contribution in [2.75, 3.05) is 6.54 Å². The molecule has 1 amide bonds. The van der Waals surface area contributed by atoms with Gasteiger partial charge >= 0.3 is 6.18 Å². The Bertz CT molecular complexity index is 688. The largest absolute Gasteiger partial charge is 0.435 e. The van der Waals surface area contributed by atoms with Crippen LogP contribution in [-0.4, -0.2) is 31.7 Å². The van der Waals surface area contributed by atoms with Gasteiger partial charge in [0.25, 0.3) is 0 Å². The van der Waals surface area contributed by atoms with Gasteiger partial charge in [0.2, 0.25) is 5.91 Å². The van der Waals surface area contributed by atoms with E-state index in [4.69, 9.17) is 0 Å². The van der Waals surface area contributed by atoms with Crippen molar-refractivity contribution in [3.8, 4) is 0 Å². The van der Waals surface area contributed by atoms with E-state index in [1.165, 1.54) is 6.20 Å². The predicted molar refractivity (Wildman–Crippen MR) is 71.8 cm³/mol. The van der Waals surface area contributed by atoms with E-state index in [9.17, 15) is 18.0 Å². The molecule has 118 valence electrons. The molecule has 0 aromatic carbocycles. The van der Waals surface area contributed by atoms with Crippen LogP contribution in [0.3, 0.4) is 0 Å². The number of nitrogens with zero attached hydrogens (tertiary/aromatic N) is 4. The lowest BCUT2D eigenvalue weighted by molar-refractivity contribution is -0.142. The van der Waals surface area contributed by atoms with Crippen molar-refractivity contribution in [3.05, 3.63) is 42.0 Å². The number of carbonyl (C=O) groups excluding carboxylic acids is 1. The second-order valence-electron chi connectivity index (χ2n) is 5.29. The maximum absolute atomic E-state index is 12.5. The SMILES string of the molecule is CC1c2cccn2CCN1C(=O)Cn1ccc(C(F)(F)F)n1. The molecule has 0 saturated heterocycles. The molecule has 22 heavy (non-hydrogen) atoms. The number of amides is 1. The van der Waals surface area contributed by atoms with Crippen molar-refractivity contribution >= 4 is 5.91 Å². The van der Waals surface area contributed by atoms with Crippen molar-refractivity contribution in [1.82, 2.24) is 19.2 Å². The third-order valence-corrected chi connectivity index (χ3v) is 3.89. The minimum Gasteiger partial charge on any atom is -0.348 e. The molecule has 1 aliphatic rings. The smallest absolute Gasteiger partial charge is 0.348 e. The van der Waals surface area contributed by atoms with Gasteiger partial charge in [-0.3, -0.25) is 9.48 Å². The van der Waals surface area contributed by atoms with Crippen LogP contribution in [0.2, 0.25) is 0 Å². The van der Waals surface area contributed by atoms with Crippen molar-refractivity contribution in [2.45, 2.75) is 32.2 Å². The molecule has 0 saturated carbocycles. The molecule has 0 bridgehead atoms. The van der Waals surface area contributed by atoms with E-state index in [1.807, 2.05) is 25.3 Å². The number of hydrogen-bond acceptors (Lipinski definition) is 2. The van der Waals surface area contributed by atoms with Gasteiger partial charge in [-0.1, -0.05) is 0 Å². The van der Waals surface area contributed by atoms with Crippen LogP contribution in [0.15, 0.2) is 30.6 Å². The Balaban J connectivity index is 1.72. The van der Waals surface area contributed by atoms with E-state index in [-0.39, 0.29) is 18.5 Å². The Hall–Kier alpha value is -2.25. The van der Waals surface area contributed by atoms with Gasteiger partial charge in [-0.25, -0.2) is 0 Å². The predicted octanol–water partition coefficient (Wildman–Crippen LogP) is 2.31. The average Bonchev–Trinajstić information content (AvgIpc) is 3.06. The van der Waals surface area contributed by atoms with Crippen molar-refractivity contribution < 1.29 is 18.0 Å². The first-order chi connectivity index (χ1) is 10.4. The quantitative estimate of drug-likeness (QED) is 0.854. The van der Waals surface area contributed by atoms with Crippen LogP contribution < -0.4 is 0 Å². The summed E-state index contributed by atoms with van der Waals surface area (Å²) in [6, 6.07) is 4.63. The summed E-state index contributed by atoms with van der Waals surface area (Å²) in [6.07, 6.45) is -1.36. The maximum Gasteiger partial charge on any atom is 0.435 e. The molecule has 1 unspecified atom stereocenters. The van der Waals surface area contributed by atoms with E-state index in [0.29, 0.717) is 13.1 Å². The summed E-state index contributed by atoms with van der Waals surface area (Å²) >= 11 is 0. The highest BCUT2D eigenvalue weighted by molar-refractivity contribution is 5.76.